The molecule has 1 N–H and O–H groups in total. The molecule has 3 nitrogen and oxygen atoms in total. The van der Waals surface area contributed by atoms with Crippen LogP contribution in [0.15, 0.2) is 23.3 Å². The normalized spacial score (nSPS) is 25.3. The maximum absolute atomic E-state index is 11.6. The average molecular weight is 222 g/mol. The van der Waals surface area contributed by atoms with Crippen LogP contribution in [0.4, 0.5) is 0 Å². The van der Waals surface area contributed by atoms with Gasteiger partial charge in [0.2, 0.25) is 0 Å². The van der Waals surface area contributed by atoms with E-state index in [9.17, 15) is 14.7 Å². The third-order valence-corrected chi connectivity index (χ3v) is 2.99. The maximum atomic E-state index is 11.6. The van der Waals surface area contributed by atoms with Crippen molar-refractivity contribution in [2.24, 2.45) is 5.41 Å². The minimum absolute atomic E-state index is 0.0466. The molecule has 1 rings (SSSR count). The lowest BCUT2D eigenvalue weighted by Gasteiger charge is -2.34. The summed E-state index contributed by atoms with van der Waals surface area (Å²) in [6.07, 6.45) is 2.65. The molecule has 3 heteroatoms. The summed E-state index contributed by atoms with van der Waals surface area (Å²) >= 11 is 0. The first-order chi connectivity index (χ1) is 7.25. The molecule has 0 saturated heterocycles. The van der Waals surface area contributed by atoms with Gasteiger partial charge >= 0.3 is 0 Å². The van der Waals surface area contributed by atoms with Crippen LogP contribution in [0, 0.1) is 5.41 Å². The van der Waals surface area contributed by atoms with Crippen LogP contribution in [0.25, 0.3) is 0 Å². The highest BCUT2D eigenvalue weighted by molar-refractivity contribution is 6.01. The number of rotatable bonds is 2. The molecule has 0 amide bonds. The molecule has 16 heavy (non-hydrogen) atoms. The third-order valence-electron chi connectivity index (χ3n) is 2.99. The van der Waals surface area contributed by atoms with Crippen molar-refractivity contribution in [1.29, 1.82) is 0 Å². The van der Waals surface area contributed by atoms with Gasteiger partial charge in [0.25, 0.3) is 0 Å². The fourth-order valence-corrected chi connectivity index (χ4v) is 2.13. The van der Waals surface area contributed by atoms with Crippen LogP contribution < -0.4 is 0 Å². The molecule has 0 saturated carbocycles. The van der Waals surface area contributed by atoms with E-state index in [2.05, 4.69) is 0 Å². The van der Waals surface area contributed by atoms with Crippen molar-refractivity contribution in [2.45, 2.75) is 40.2 Å². The summed E-state index contributed by atoms with van der Waals surface area (Å²) in [4.78, 5) is 22.5. The Kier molecular flexibility index (Phi) is 3.48. The van der Waals surface area contributed by atoms with E-state index in [4.69, 9.17) is 0 Å². The Morgan fingerprint density at radius 3 is 2.56 bits per heavy atom. The molecule has 0 unspecified atom stereocenters. The Hall–Kier alpha value is -1.22. The Morgan fingerprint density at radius 2 is 2.06 bits per heavy atom. The minimum Gasteiger partial charge on any atom is -0.385 e. The van der Waals surface area contributed by atoms with E-state index in [-0.39, 0.29) is 17.0 Å². The quantitative estimate of drug-likeness (QED) is 0.725. The minimum atomic E-state index is -0.913. The smallest absolute Gasteiger partial charge is 0.187 e. The summed E-state index contributed by atoms with van der Waals surface area (Å²) < 4.78 is 0. The lowest BCUT2D eigenvalue weighted by molar-refractivity contribution is -0.125. The number of carbonyl (C=O) groups is 2. The van der Waals surface area contributed by atoms with Gasteiger partial charge in [0.1, 0.15) is 6.10 Å². The van der Waals surface area contributed by atoms with Gasteiger partial charge in [-0.15, -0.1) is 0 Å². The largest absolute Gasteiger partial charge is 0.385 e. The van der Waals surface area contributed by atoms with Gasteiger partial charge in [-0.2, -0.15) is 0 Å². The zero-order chi connectivity index (χ0) is 12.5. The van der Waals surface area contributed by atoms with E-state index < -0.39 is 6.10 Å². The second kappa shape index (κ2) is 4.34. The molecular formula is C13H18O3. The molecular weight excluding hydrogens is 204 g/mol. The number of ketones is 2. The zero-order valence-corrected chi connectivity index (χ0v) is 10.2. The van der Waals surface area contributed by atoms with Crippen molar-refractivity contribution in [3.8, 4) is 0 Å². The highest BCUT2D eigenvalue weighted by Gasteiger charge is 2.36. The van der Waals surface area contributed by atoms with Gasteiger partial charge in [-0.05, 0) is 42.9 Å². The lowest BCUT2D eigenvalue weighted by atomic mass is 9.71. The van der Waals surface area contributed by atoms with Crippen molar-refractivity contribution < 1.29 is 14.7 Å². The van der Waals surface area contributed by atoms with Crippen molar-refractivity contribution in [3.05, 3.63) is 23.3 Å². The molecule has 0 spiro atoms. The van der Waals surface area contributed by atoms with Crippen LogP contribution in [0.1, 0.15) is 34.1 Å². The molecule has 1 aliphatic carbocycles. The first kappa shape index (κ1) is 12.8. The first-order valence-electron chi connectivity index (χ1n) is 5.38. The molecule has 1 aliphatic rings. The molecule has 0 aliphatic heterocycles. The van der Waals surface area contributed by atoms with Crippen LogP contribution in [-0.4, -0.2) is 22.8 Å². The average Bonchev–Trinajstić information content (AvgIpc) is 2.12. The summed E-state index contributed by atoms with van der Waals surface area (Å²) in [6.45, 7) is 7.10. The summed E-state index contributed by atoms with van der Waals surface area (Å²) in [5.74, 6) is -0.280. The Bertz CT molecular complexity index is 386. The SMILES string of the molecule is CC(=O)/C=C/C1=C(C)C(=O)[C@@H](O)CC1(C)C. The predicted molar refractivity (Wildman–Crippen MR) is 61.9 cm³/mol. The van der Waals surface area contributed by atoms with Crippen LogP contribution >= 0.6 is 0 Å². The van der Waals surface area contributed by atoms with Gasteiger partial charge in [0.15, 0.2) is 11.6 Å². The van der Waals surface area contributed by atoms with E-state index in [1.807, 2.05) is 13.8 Å². The van der Waals surface area contributed by atoms with Crippen LogP contribution in [0.3, 0.4) is 0 Å². The number of allylic oxidation sites excluding steroid dienone is 3. The standard InChI is InChI=1S/C13H18O3/c1-8(14)5-6-10-9(2)12(16)11(15)7-13(10,3)4/h5-6,11,15H,7H2,1-4H3/b6-5+/t11-/m0/s1. The fourth-order valence-electron chi connectivity index (χ4n) is 2.13. The van der Waals surface area contributed by atoms with Gasteiger partial charge < -0.3 is 5.11 Å². The number of hydrogen-bond donors (Lipinski definition) is 1. The van der Waals surface area contributed by atoms with Gasteiger partial charge in [0, 0.05) is 0 Å². The summed E-state index contributed by atoms with van der Waals surface area (Å²) in [7, 11) is 0. The molecule has 0 bridgehead atoms. The third kappa shape index (κ3) is 2.47. The highest BCUT2D eigenvalue weighted by Crippen LogP contribution is 2.39. The van der Waals surface area contributed by atoms with Crippen LogP contribution in [0.5, 0.6) is 0 Å². The van der Waals surface area contributed by atoms with Crippen molar-refractivity contribution in [3.63, 3.8) is 0 Å². The van der Waals surface area contributed by atoms with Crippen LogP contribution in [0.2, 0.25) is 0 Å². The summed E-state index contributed by atoms with van der Waals surface area (Å²) in [5.41, 5.74) is 1.13. The Balaban J connectivity index is 3.19. The predicted octanol–water partition coefficient (Wildman–Crippen LogP) is 1.81. The number of carbonyl (C=O) groups excluding carboxylic acids is 2. The molecule has 1 atom stereocenters. The number of aliphatic hydroxyl groups is 1. The second-order valence-electron chi connectivity index (χ2n) is 4.95. The summed E-state index contributed by atoms with van der Waals surface area (Å²) in [6, 6.07) is 0. The molecule has 0 aromatic rings. The Labute approximate surface area is 95.9 Å². The highest BCUT2D eigenvalue weighted by atomic mass is 16.3. The summed E-state index contributed by atoms with van der Waals surface area (Å²) in [5, 5.41) is 9.60. The van der Waals surface area contributed by atoms with Crippen molar-refractivity contribution >= 4 is 11.6 Å². The monoisotopic (exact) mass is 222 g/mol. The molecule has 0 aromatic heterocycles. The first-order valence-corrected chi connectivity index (χ1v) is 5.38. The molecule has 0 radical (unpaired) electrons. The molecule has 0 fully saturated rings. The van der Waals surface area contributed by atoms with E-state index in [0.717, 1.165) is 5.57 Å². The van der Waals surface area contributed by atoms with E-state index in [0.29, 0.717) is 12.0 Å². The van der Waals surface area contributed by atoms with Gasteiger partial charge in [-0.1, -0.05) is 19.9 Å². The van der Waals surface area contributed by atoms with E-state index >= 15 is 0 Å². The maximum Gasteiger partial charge on any atom is 0.187 e. The molecule has 0 heterocycles. The number of hydrogen-bond acceptors (Lipinski definition) is 3. The van der Waals surface area contributed by atoms with E-state index in [1.54, 1.807) is 13.0 Å². The van der Waals surface area contributed by atoms with Crippen molar-refractivity contribution in [2.75, 3.05) is 0 Å². The van der Waals surface area contributed by atoms with Gasteiger partial charge in [-0.3, -0.25) is 9.59 Å². The van der Waals surface area contributed by atoms with Crippen LogP contribution in [-0.2, 0) is 9.59 Å². The van der Waals surface area contributed by atoms with Crippen molar-refractivity contribution in [1.82, 2.24) is 0 Å². The Morgan fingerprint density at radius 1 is 1.50 bits per heavy atom. The van der Waals surface area contributed by atoms with Gasteiger partial charge in [-0.25, -0.2) is 0 Å². The number of Topliss-reactive ketones (excluding diaryl/α,β-unsaturated/α-hetero) is 1. The second-order valence-corrected chi connectivity index (χ2v) is 4.95. The lowest BCUT2D eigenvalue weighted by Crippen LogP contribution is -2.35. The number of aliphatic hydroxyl groups excluding tert-OH is 1. The van der Waals surface area contributed by atoms with E-state index in [1.165, 1.54) is 13.0 Å². The topological polar surface area (TPSA) is 54.4 Å². The van der Waals surface area contributed by atoms with Gasteiger partial charge in [0.05, 0.1) is 0 Å². The fraction of sp³-hybridized carbons (Fsp3) is 0.538. The zero-order valence-electron chi connectivity index (χ0n) is 10.2. The molecule has 88 valence electrons. The molecule has 0 aromatic carbocycles.